The highest BCUT2D eigenvalue weighted by Crippen LogP contribution is 2.30. The number of piperidine rings is 1. The van der Waals surface area contributed by atoms with Crippen LogP contribution < -0.4 is 20.1 Å². The van der Waals surface area contributed by atoms with E-state index in [1.165, 1.54) is 0 Å². The van der Waals surface area contributed by atoms with E-state index >= 15 is 0 Å². The van der Waals surface area contributed by atoms with Gasteiger partial charge >= 0.3 is 6.03 Å². The fourth-order valence-electron chi connectivity index (χ4n) is 3.08. The van der Waals surface area contributed by atoms with Crippen molar-refractivity contribution in [1.29, 1.82) is 0 Å². The Morgan fingerprint density at radius 2 is 1.88 bits per heavy atom. The average Bonchev–Trinajstić information content (AvgIpc) is 2.85. The second-order valence-electron chi connectivity index (χ2n) is 6.44. The van der Waals surface area contributed by atoms with Crippen LogP contribution in [0.3, 0.4) is 0 Å². The third-order valence-corrected chi connectivity index (χ3v) is 4.54. The molecule has 3 rings (SSSR count). The van der Waals surface area contributed by atoms with Gasteiger partial charge in [-0.2, -0.15) is 0 Å². The van der Waals surface area contributed by atoms with Gasteiger partial charge in [0.25, 0.3) is 0 Å². The number of carbonyl (C=O) groups excluding carboxylic acids is 2. The molecule has 0 unspecified atom stereocenters. The van der Waals surface area contributed by atoms with Gasteiger partial charge in [0.2, 0.25) is 5.91 Å². The molecular weight excluding hydrogens is 322 g/mol. The van der Waals surface area contributed by atoms with Crippen molar-refractivity contribution in [2.75, 3.05) is 26.3 Å². The molecule has 2 N–H and O–H groups in total. The summed E-state index contributed by atoms with van der Waals surface area (Å²) in [5, 5.41) is 5.85. The number of rotatable bonds is 3. The molecule has 25 heavy (non-hydrogen) atoms. The molecule has 1 aromatic carbocycles. The zero-order chi connectivity index (χ0) is 17.6. The van der Waals surface area contributed by atoms with E-state index in [4.69, 9.17) is 9.47 Å². The van der Waals surface area contributed by atoms with E-state index in [1.54, 1.807) is 6.92 Å². The second kappa shape index (κ2) is 8.09. The Morgan fingerprint density at radius 1 is 1.16 bits per heavy atom. The van der Waals surface area contributed by atoms with E-state index in [0.29, 0.717) is 32.8 Å². The molecule has 2 heterocycles. The van der Waals surface area contributed by atoms with E-state index in [9.17, 15) is 9.59 Å². The van der Waals surface area contributed by atoms with Crippen LogP contribution in [0.1, 0.15) is 31.7 Å². The number of ether oxygens (including phenoxy) is 2. The molecule has 7 nitrogen and oxygen atoms in total. The zero-order valence-electron chi connectivity index (χ0n) is 14.5. The highest BCUT2D eigenvalue weighted by Gasteiger charge is 2.21. The van der Waals surface area contributed by atoms with Crippen molar-refractivity contribution in [1.82, 2.24) is 15.5 Å². The number of hydrogen-bond acceptors (Lipinski definition) is 4. The largest absolute Gasteiger partial charge is 0.490 e. The van der Waals surface area contributed by atoms with Crippen LogP contribution in [-0.4, -0.2) is 49.2 Å². The van der Waals surface area contributed by atoms with E-state index in [1.807, 2.05) is 23.1 Å². The van der Waals surface area contributed by atoms with E-state index in [-0.39, 0.29) is 18.0 Å². The molecule has 3 amide bonds. The van der Waals surface area contributed by atoms with Crippen LogP contribution in [0, 0.1) is 0 Å². The number of carbonyl (C=O) groups is 2. The van der Waals surface area contributed by atoms with Crippen LogP contribution in [0.25, 0.3) is 0 Å². The van der Waals surface area contributed by atoms with Crippen LogP contribution in [0.4, 0.5) is 4.79 Å². The number of likely N-dealkylation sites (tertiary alicyclic amines) is 1. The van der Waals surface area contributed by atoms with Gasteiger partial charge in [-0.15, -0.1) is 0 Å². The van der Waals surface area contributed by atoms with Gasteiger partial charge in [-0.3, -0.25) is 4.79 Å². The van der Waals surface area contributed by atoms with Crippen molar-refractivity contribution < 1.29 is 19.1 Å². The maximum atomic E-state index is 12.1. The number of fused-ring (bicyclic) bond motifs is 1. The number of amides is 3. The predicted octanol–water partition coefficient (Wildman–Crippen LogP) is 1.66. The summed E-state index contributed by atoms with van der Waals surface area (Å²) in [6.07, 6.45) is 2.45. The monoisotopic (exact) mass is 347 g/mol. The molecule has 136 valence electrons. The number of urea groups is 1. The summed E-state index contributed by atoms with van der Waals surface area (Å²) < 4.78 is 11.3. The van der Waals surface area contributed by atoms with Crippen molar-refractivity contribution in [2.24, 2.45) is 0 Å². The number of nitrogens with zero attached hydrogens (tertiary/aromatic N) is 1. The SMILES string of the molecule is CC(=O)N1CCC(NC(=O)NCc2ccc3c(c2)OCCCO3)CC1. The van der Waals surface area contributed by atoms with Crippen LogP contribution in [0.5, 0.6) is 11.5 Å². The van der Waals surface area contributed by atoms with E-state index in [0.717, 1.165) is 36.3 Å². The van der Waals surface area contributed by atoms with E-state index in [2.05, 4.69) is 10.6 Å². The van der Waals surface area contributed by atoms with Gasteiger partial charge in [0, 0.05) is 39.0 Å². The van der Waals surface area contributed by atoms with Gasteiger partial charge in [-0.05, 0) is 30.5 Å². The lowest BCUT2D eigenvalue weighted by molar-refractivity contribution is -0.129. The topological polar surface area (TPSA) is 79.9 Å². The lowest BCUT2D eigenvalue weighted by Crippen LogP contribution is -2.48. The fourth-order valence-corrected chi connectivity index (χ4v) is 3.08. The highest BCUT2D eigenvalue weighted by molar-refractivity contribution is 5.75. The standard InChI is InChI=1S/C18H25N3O4/c1-13(22)21-7-5-15(6-8-21)20-18(23)19-12-14-3-4-16-17(11-14)25-10-2-9-24-16/h3-4,11,15H,2,5-10,12H2,1H3,(H2,19,20,23). The van der Waals surface area contributed by atoms with Crippen molar-refractivity contribution in [3.05, 3.63) is 23.8 Å². The minimum absolute atomic E-state index is 0.0947. The molecule has 1 saturated heterocycles. The summed E-state index contributed by atoms with van der Waals surface area (Å²) in [5.74, 6) is 1.58. The third kappa shape index (κ3) is 4.78. The summed E-state index contributed by atoms with van der Waals surface area (Å²) in [6.45, 7) is 4.70. The van der Waals surface area contributed by atoms with Gasteiger partial charge in [0.1, 0.15) is 0 Å². The van der Waals surface area contributed by atoms with E-state index < -0.39 is 0 Å². The fraction of sp³-hybridized carbons (Fsp3) is 0.556. The second-order valence-corrected chi connectivity index (χ2v) is 6.44. The van der Waals surface area contributed by atoms with Gasteiger partial charge in [0.05, 0.1) is 13.2 Å². The summed E-state index contributed by atoms with van der Waals surface area (Å²) in [7, 11) is 0. The maximum absolute atomic E-state index is 12.1. The minimum atomic E-state index is -0.187. The van der Waals surface area contributed by atoms with Gasteiger partial charge in [-0.25, -0.2) is 4.79 Å². The first-order valence-corrected chi connectivity index (χ1v) is 8.80. The Labute approximate surface area is 147 Å². The molecule has 0 bridgehead atoms. The molecule has 0 aliphatic carbocycles. The number of benzene rings is 1. The molecule has 0 radical (unpaired) electrons. The zero-order valence-corrected chi connectivity index (χ0v) is 14.5. The van der Waals surface area contributed by atoms with Crippen LogP contribution in [0.2, 0.25) is 0 Å². The Balaban J connectivity index is 1.45. The average molecular weight is 347 g/mol. The van der Waals surface area contributed by atoms with Crippen molar-refractivity contribution in [2.45, 2.75) is 38.8 Å². The van der Waals surface area contributed by atoms with Gasteiger partial charge in [0.15, 0.2) is 11.5 Å². The van der Waals surface area contributed by atoms with Crippen molar-refractivity contribution >= 4 is 11.9 Å². The first kappa shape index (κ1) is 17.4. The van der Waals surface area contributed by atoms with Crippen LogP contribution >= 0.6 is 0 Å². The number of hydrogen-bond donors (Lipinski definition) is 2. The summed E-state index contributed by atoms with van der Waals surface area (Å²) >= 11 is 0. The lowest BCUT2D eigenvalue weighted by Gasteiger charge is -2.31. The smallest absolute Gasteiger partial charge is 0.315 e. The maximum Gasteiger partial charge on any atom is 0.315 e. The van der Waals surface area contributed by atoms with Crippen LogP contribution in [-0.2, 0) is 11.3 Å². The van der Waals surface area contributed by atoms with Crippen molar-refractivity contribution in [3.8, 4) is 11.5 Å². The molecule has 2 aliphatic rings. The molecule has 2 aliphatic heterocycles. The first-order chi connectivity index (χ1) is 12.1. The molecule has 0 aromatic heterocycles. The molecule has 7 heteroatoms. The molecular formula is C18H25N3O4. The number of nitrogens with one attached hydrogen (secondary N) is 2. The first-order valence-electron chi connectivity index (χ1n) is 8.80. The van der Waals surface area contributed by atoms with Crippen molar-refractivity contribution in [3.63, 3.8) is 0 Å². The summed E-state index contributed by atoms with van der Waals surface area (Å²) in [5.41, 5.74) is 0.964. The third-order valence-electron chi connectivity index (χ3n) is 4.54. The Hall–Kier alpha value is -2.44. The molecule has 0 spiro atoms. The lowest BCUT2D eigenvalue weighted by atomic mass is 10.1. The predicted molar refractivity (Wildman–Crippen MR) is 92.7 cm³/mol. The van der Waals surface area contributed by atoms with Gasteiger partial charge in [-0.1, -0.05) is 6.07 Å². The molecule has 0 atom stereocenters. The molecule has 1 aromatic rings. The minimum Gasteiger partial charge on any atom is -0.490 e. The van der Waals surface area contributed by atoms with Crippen LogP contribution in [0.15, 0.2) is 18.2 Å². The Bertz CT molecular complexity index is 627. The quantitative estimate of drug-likeness (QED) is 0.871. The Kier molecular flexibility index (Phi) is 5.63. The normalized spacial score (nSPS) is 17.6. The highest BCUT2D eigenvalue weighted by atomic mass is 16.5. The summed E-state index contributed by atoms with van der Waals surface area (Å²) in [6, 6.07) is 5.64. The molecule has 0 saturated carbocycles. The molecule has 1 fully saturated rings. The van der Waals surface area contributed by atoms with Gasteiger partial charge < -0.3 is 25.0 Å². The Morgan fingerprint density at radius 3 is 2.60 bits per heavy atom. The summed E-state index contributed by atoms with van der Waals surface area (Å²) in [4.78, 5) is 25.2.